The molecule has 9 nitrogen and oxygen atoms in total. The topological polar surface area (TPSA) is 100 Å². The van der Waals surface area contributed by atoms with E-state index in [0.717, 1.165) is 91.4 Å². The first-order valence-electron chi connectivity index (χ1n) is 14.9. The molecule has 0 radical (unpaired) electrons. The number of pyridine rings is 1. The second-order valence-corrected chi connectivity index (χ2v) is 11.3. The molecule has 0 unspecified atom stereocenters. The molecule has 1 atom stereocenters. The van der Waals surface area contributed by atoms with Crippen LogP contribution >= 0.6 is 0 Å². The number of hydrogen-bond acceptors (Lipinski definition) is 6. The summed E-state index contributed by atoms with van der Waals surface area (Å²) >= 11 is 0. The number of aryl methyl sites for hydroxylation is 5. The molecule has 218 valence electrons. The van der Waals surface area contributed by atoms with Gasteiger partial charge in [-0.15, -0.1) is 0 Å². The molecule has 0 aliphatic carbocycles. The number of anilines is 2. The molecule has 0 amide bonds. The van der Waals surface area contributed by atoms with Crippen molar-refractivity contribution in [1.82, 2.24) is 24.2 Å². The van der Waals surface area contributed by atoms with Crippen LogP contribution in [-0.4, -0.2) is 67.5 Å². The van der Waals surface area contributed by atoms with Crippen LogP contribution in [0.25, 0.3) is 10.9 Å². The van der Waals surface area contributed by atoms with E-state index in [-0.39, 0.29) is 0 Å². The molecule has 3 aromatic heterocycles. The quantitative estimate of drug-likeness (QED) is 0.187. The molecular formula is C32H43N7O2. The number of aromatic nitrogens is 4. The second kappa shape index (κ2) is 13.2. The zero-order chi connectivity index (χ0) is 28.8. The molecule has 4 aromatic rings. The van der Waals surface area contributed by atoms with E-state index in [1.54, 1.807) is 0 Å². The Morgan fingerprint density at radius 2 is 2.00 bits per heavy atom. The van der Waals surface area contributed by atoms with Crippen LogP contribution in [0.3, 0.4) is 0 Å². The molecule has 1 aromatic carbocycles. The summed E-state index contributed by atoms with van der Waals surface area (Å²) in [6, 6.07) is 13.9. The van der Waals surface area contributed by atoms with Crippen molar-refractivity contribution < 1.29 is 9.90 Å². The lowest BCUT2D eigenvalue weighted by Crippen LogP contribution is -2.36. The molecule has 0 saturated heterocycles. The Morgan fingerprint density at radius 1 is 1.15 bits per heavy atom. The third-order valence-corrected chi connectivity index (χ3v) is 8.10. The molecule has 0 spiro atoms. The number of hydrogen-bond donors (Lipinski definition) is 3. The third-order valence-electron chi connectivity index (χ3n) is 8.10. The van der Waals surface area contributed by atoms with Crippen LogP contribution in [0.5, 0.6) is 0 Å². The van der Waals surface area contributed by atoms with Crippen LogP contribution in [0.4, 0.5) is 11.5 Å². The molecule has 3 N–H and O–H groups in total. The Hall–Kier alpha value is -3.85. The molecule has 5 rings (SSSR count). The van der Waals surface area contributed by atoms with Crippen molar-refractivity contribution in [2.75, 3.05) is 36.8 Å². The van der Waals surface area contributed by atoms with Crippen molar-refractivity contribution in [2.24, 2.45) is 7.05 Å². The minimum absolute atomic E-state index is 0.508. The number of rotatable bonds is 14. The van der Waals surface area contributed by atoms with Gasteiger partial charge in [0.1, 0.15) is 11.9 Å². The number of carboxylic acids is 1. The summed E-state index contributed by atoms with van der Waals surface area (Å²) in [6.45, 7) is 8.30. The van der Waals surface area contributed by atoms with Crippen molar-refractivity contribution in [3.8, 4) is 0 Å². The fourth-order valence-corrected chi connectivity index (χ4v) is 5.84. The maximum atomic E-state index is 12.3. The smallest absolute Gasteiger partial charge is 0.326 e. The minimum Gasteiger partial charge on any atom is -0.480 e. The Labute approximate surface area is 242 Å². The van der Waals surface area contributed by atoms with Gasteiger partial charge in [-0.05, 0) is 82.7 Å². The molecular weight excluding hydrogens is 514 g/mol. The van der Waals surface area contributed by atoms with E-state index in [2.05, 4.69) is 50.4 Å². The van der Waals surface area contributed by atoms with Crippen LogP contribution in [0.15, 0.2) is 48.7 Å². The van der Waals surface area contributed by atoms with Gasteiger partial charge < -0.3 is 25.2 Å². The highest BCUT2D eigenvalue weighted by Crippen LogP contribution is 2.26. The van der Waals surface area contributed by atoms with Gasteiger partial charge in [0.25, 0.3) is 0 Å². The number of nitrogens with zero attached hydrogens (tertiary/aromatic N) is 5. The fraction of sp³-hybridized carbons (Fsp3) is 0.469. The lowest BCUT2D eigenvalue weighted by atomic mass is 10.1. The van der Waals surface area contributed by atoms with Crippen molar-refractivity contribution in [3.05, 3.63) is 71.3 Å². The molecule has 1 aliphatic heterocycles. The predicted octanol–water partition coefficient (Wildman–Crippen LogP) is 5.03. The van der Waals surface area contributed by atoms with Crippen LogP contribution in [0.1, 0.15) is 48.3 Å². The lowest BCUT2D eigenvalue weighted by Gasteiger charge is -2.25. The Bertz CT molecular complexity index is 1470. The van der Waals surface area contributed by atoms with Gasteiger partial charge in [-0.2, -0.15) is 5.10 Å². The molecule has 4 heterocycles. The van der Waals surface area contributed by atoms with Gasteiger partial charge in [0, 0.05) is 55.2 Å². The third kappa shape index (κ3) is 7.27. The zero-order valence-corrected chi connectivity index (χ0v) is 24.6. The maximum absolute atomic E-state index is 12.3. The first-order valence-corrected chi connectivity index (χ1v) is 14.9. The molecule has 41 heavy (non-hydrogen) atoms. The highest BCUT2D eigenvalue weighted by molar-refractivity contribution is 5.94. The Kier molecular flexibility index (Phi) is 9.24. The molecule has 9 heteroatoms. The Morgan fingerprint density at radius 3 is 2.80 bits per heavy atom. The van der Waals surface area contributed by atoms with Gasteiger partial charge in [0.2, 0.25) is 0 Å². The molecule has 0 saturated carbocycles. The summed E-state index contributed by atoms with van der Waals surface area (Å²) < 4.78 is 4.08. The van der Waals surface area contributed by atoms with Crippen LogP contribution in [-0.2, 0) is 31.2 Å². The van der Waals surface area contributed by atoms with Gasteiger partial charge in [0.15, 0.2) is 0 Å². The van der Waals surface area contributed by atoms with E-state index in [1.165, 1.54) is 12.0 Å². The second-order valence-electron chi connectivity index (χ2n) is 11.3. The van der Waals surface area contributed by atoms with E-state index in [4.69, 9.17) is 4.98 Å². The van der Waals surface area contributed by atoms with Crippen LogP contribution < -0.4 is 10.6 Å². The summed E-state index contributed by atoms with van der Waals surface area (Å²) in [6.07, 6.45) is 7.77. The maximum Gasteiger partial charge on any atom is 0.326 e. The number of carbonyl (C=O) groups is 1. The number of unbranched alkanes of at least 4 members (excludes halogenated alkanes) is 1. The summed E-state index contributed by atoms with van der Waals surface area (Å²) in [4.78, 5) is 19.5. The van der Waals surface area contributed by atoms with Gasteiger partial charge in [0.05, 0.1) is 17.9 Å². The highest BCUT2D eigenvalue weighted by atomic mass is 16.4. The number of fused-ring (bicyclic) bond motifs is 2. The Balaban J connectivity index is 1.20. The minimum atomic E-state index is -0.830. The van der Waals surface area contributed by atoms with E-state index in [1.807, 2.05) is 49.0 Å². The fourth-order valence-electron chi connectivity index (χ4n) is 5.84. The van der Waals surface area contributed by atoms with E-state index in [9.17, 15) is 9.90 Å². The van der Waals surface area contributed by atoms with Gasteiger partial charge >= 0.3 is 5.97 Å². The van der Waals surface area contributed by atoms with Crippen molar-refractivity contribution in [3.63, 3.8) is 0 Å². The van der Waals surface area contributed by atoms with Crippen molar-refractivity contribution >= 4 is 28.4 Å². The van der Waals surface area contributed by atoms with Gasteiger partial charge in [-0.1, -0.05) is 24.3 Å². The summed E-state index contributed by atoms with van der Waals surface area (Å²) in [5.41, 5.74) is 6.56. The standard InChI is InChI=1S/C32H43N7O2/c1-23-21-24(2)39(36-23)20-19-38(17-7-6-10-26-14-13-25-9-8-16-33-31(25)34-26)18-15-28(32(40)41)35-29-22-37(3)30-12-5-4-11-27(29)30/h4-5,11-14,21-22,28,35H,6-10,15-20H2,1-3H3,(H,33,34)(H,40,41)/t28-/m0/s1. The normalized spacial score (nSPS) is 13.8. The van der Waals surface area contributed by atoms with Crippen molar-refractivity contribution in [1.29, 1.82) is 0 Å². The first kappa shape index (κ1) is 28.7. The average Bonchev–Trinajstić information content (AvgIpc) is 3.47. The zero-order valence-electron chi connectivity index (χ0n) is 24.6. The van der Waals surface area contributed by atoms with Crippen LogP contribution in [0.2, 0.25) is 0 Å². The largest absolute Gasteiger partial charge is 0.480 e. The van der Waals surface area contributed by atoms with Gasteiger partial charge in [-0.3, -0.25) is 4.68 Å². The number of nitrogens with one attached hydrogen (secondary N) is 2. The SMILES string of the molecule is Cc1cc(C)n(CCN(CCCCc2ccc3c(n2)NCCC3)CC[C@H](Nc2cn(C)c3ccccc23)C(=O)O)n1. The monoisotopic (exact) mass is 557 g/mol. The van der Waals surface area contributed by atoms with Crippen molar-refractivity contribution in [2.45, 2.75) is 65.0 Å². The number of aliphatic carboxylic acids is 1. The van der Waals surface area contributed by atoms with E-state index >= 15 is 0 Å². The average molecular weight is 558 g/mol. The number of para-hydroxylation sites is 1. The number of benzene rings is 1. The van der Waals surface area contributed by atoms with E-state index in [0.29, 0.717) is 13.0 Å². The summed E-state index contributed by atoms with van der Waals surface area (Å²) in [7, 11) is 1.99. The van der Waals surface area contributed by atoms with E-state index < -0.39 is 12.0 Å². The summed E-state index contributed by atoms with van der Waals surface area (Å²) in [5.74, 6) is 0.224. The van der Waals surface area contributed by atoms with Gasteiger partial charge in [-0.25, -0.2) is 9.78 Å². The predicted molar refractivity (Wildman–Crippen MR) is 165 cm³/mol. The molecule has 0 bridgehead atoms. The summed E-state index contributed by atoms with van der Waals surface area (Å²) in [5, 5.41) is 22.5. The lowest BCUT2D eigenvalue weighted by molar-refractivity contribution is -0.138. The first-order chi connectivity index (χ1) is 19.9. The highest BCUT2D eigenvalue weighted by Gasteiger charge is 2.21. The molecule has 0 fully saturated rings. The number of carboxylic acid groups (broad SMARTS) is 1. The molecule has 1 aliphatic rings. The van der Waals surface area contributed by atoms with Crippen LogP contribution in [0, 0.1) is 13.8 Å².